The van der Waals surface area contributed by atoms with E-state index in [0.29, 0.717) is 22.8 Å². The number of hydrogen-bond donors (Lipinski definition) is 0. The number of fused-ring (bicyclic) bond motifs is 3. The van der Waals surface area contributed by atoms with Crippen LogP contribution in [-0.4, -0.2) is 16.4 Å². The molecular formula is C15H14ClNO4. The zero-order valence-corrected chi connectivity index (χ0v) is 12.4. The molecule has 110 valence electrons. The van der Waals surface area contributed by atoms with Gasteiger partial charge in [0.05, 0.1) is 12.3 Å². The molecule has 2 aliphatic rings. The van der Waals surface area contributed by atoms with Gasteiger partial charge in [-0.3, -0.25) is 10.1 Å². The van der Waals surface area contributed by atoms with Gasteiger partial charge in [0.2, 0.25) is 0 Å². The van der Waals surface area contributed by atoms with Gasteiger partial charge in [-0.25, -0.2) is 4.79 Å². The van der Waals surface area contributed by atoms with E-state index in [0.717, 1.165) is 11.1 Å². The van der Waals surface area contributed by atoms with Gasteiger partial charge in [-0.05, 0) is 38.5 Å². The smallest absolute Gasteiger partial charge is 0.391 e. The molecule has 0 saturated heterocycles. The van der Waals surface area contributed by atoms with Crippen LogP contribution < -0.4 is 4.74 Å². The topological polar surface area (TPSA) is 69.4 Å². The molecule has 21 heavy (non-hydrogen) atoms. The molecule has 1 aliphatic carbocycles. The summed E-state index contributed by atoms with van der Waals surface area (Å²) in [5.74, 6) is -0.940. The number of nitro groups is 1. The Bertz CT molecular complexity index is 697. The molecule has 0 unspecified atom stereocenters. The lowest BCUT2D eigenvalue weighted by atomic mass is 9.67. The highest BCUT2D eigenvalue weighted by molar-refractivity contribution is 6.30. The third-order valence-corrected chi connectivity index (χ3v) is 4.81. The van der Waals surface area contributed by atoms with E-state index >= 15 is 0 Å². The molecule has 0 bridgehead atoms. The average molecular weight is 308 g/mol. The van der Waals surface area contributed by atoms with Crippen LogP contribution in [0.5, 0.6) is 5.75 Å². The van der Waals surface area contributed by atoms with Crippen LogP contribution in [0.1, 0.15) is 38.2 Å². The zero-order chi connectivity index (χ0) is 15.4. The fraction of sp³-hybridized carbons (Fsp3) is 0.400. The Balaban J connectivity index is 2.25. The van der Waals surface area contributed by atoms with E-state index in [1.807, 2.05) is 13.8 Å². The van der Waals surface area contributed by atoms with Crippen molar-refractivity contribution in [3.8, 4) is 5.75 Å². The third kappa shape index (κ3) is 1.87. The molecule has 0 radical (unpaired) electrons. The lowest BCUT2D eigenvalue weighted by molar-refractivity contribution is -0.561. The second-order valence-corrected chi connectivity index (χ2v) is 6.18. The lowest BCUT2D eigenvalue weighted by Crippen LogP contribution is -2.57. The molecule has 5 nitrogen and oxygen atoms in total. The van der Waals surface area contributed by atoms with Crippen molar-refractivity contribution in [3.05, 3.63) is 50.0 Å². The van der Waals surface area contributed by atoms with Crippen LogP contribution in [0.15, 0.2) is 29.3 Å². The zero-order valence-electron chi connectivity index (χ0n) is 11.7. The maximum Gasteiger partial charge on any atom is 0.391 e. The molecule has 1 aliphatic heterocycles. The van der Waals surface area contributed by atoms with Crippen LogP contribution in [0.25, 0.3) is 0 Å². The SMILES string of the molecule is CC1=C(C)C[C@]2([N+](=O)[O-])C(=O)Oc3ccc(Cl)cc3[C@@H]2C1. The van der Waals surface area contributed by atoms with E-state index in [-0.39, 0.29) is 6.42 Å². The number of halogens is 1. The summed E-state index contributed by atoms with van der Waals surface area (Å²) in [4.78, 5) is 23.6. The fourth-order valence-corrected chi connectivity index (χ4v) is 3.43. The Morgan fingerprint density at radius 3 is 2.76 bits per heavy atom. The van der Waals surface area contributed by atoms with Crippen LogP contribution in [0.3, 0.4) is 0 Å². The number of hydrogen-bond acceptors (Lipinski definition) is 4. The molecule has 1 aromatic carbocycles. The number of carbonyl (C=O) groups is 1. The molecule has 1 heterocycles. The van der Waals surface area contributed by atoms with Crippen LogP contribution in [-0.2, 0) is 4.79 Å². The minimum absolute atomic E-state index is 0.0846. The standard InChI is InChI=1S/C15H14ClNO4/c1-8-5-12-11-6-10(16)3-4-13(11)21-14(18)15(12,17(19)20)7-9(8)2/h3-4,6,12H,5,7H2,1-2H3/t12-,15+/m0/s1. The highest BCUT2D eigenvalue weighted by Gasteiger charge is 2.63. The van der Waals surface area contributed by atoms with E-state index < -0.39 is 22.3 Å². The maximum absolute atomic E-state index is 12.4. The Morgan fingerprint density at radius 1 is 1.38 bits per heavy atom. The first-order chi connectivity index (χ1) is 9.86. The third-order valence-electron chi connectivity index (χ3n) is 4.58. The van der Waals surface area contributed by atoms with E-state index in [2.05, 4.69) is 0 Å². The van der Waals surface area contributed by atoms with Gasteiger partial charge < -0.3 is 4.74 Å². The van der Waals surface area contributed by atoms with Crippen molar-refractivity contribution >= 4 is 17.6 Å². The monoisotopic (exact) mass is 307 g/mol. The molecular weight excluding hydrogens is 294 g/mol. The van der Waals surface area contributed by atoms with E-state index in [1.165, 1.54) is 0 Å². The van der Waals surface area contributed by atoms with Crippen molar-refractivity contribution < 1.29 is 14.5 Å². The Labute approximate surface area is 126 Å². The lowest BCUT2D eigenvalue weighted by Gasteiger charge is -2.39. The number of esters is 1. The van der Waals surface area contributed by atoms with Gasteiger partial charge in [-0.15, -0.1) is 0 Å². The number of carbonyl (C=O) groups excluding carboxylic acids is 1. The summed E-state index contributed by atoms with van der Waals surface area (Å²) < 4.78 is 5.24. The second kappa shape index (κ2) is 4.56. The Kier molecular flexibility index (Phi) is 3.06. The van der Waals surface area contributed by atoms with Crippen molar-refractivity contribution in [2.75, 3.05) is 0 Å². The molecule has 0 saturated carbocycles. The van der Waals surface area contributed by atoms with Gasteiger partial charge in [0.25, 0.3) is 0 Å². The molecule has 0 spiro atoms. The van der Waals surface area contributed by atoms with Gasteiger partial charge in [-0.1, -0.05) is 22.7 Å². The summed E-state index contributed by atoms with van der Waals surface area (Å²) in [6, 6.07) is 4.88. The number of rotatable bonds is 1. The highest BCUT2D eigenvalue weighted by Crippen LogP contribution is 2.51. The van der Waals surface area contributed by atoms with E-state index in [4.69, 9.17) is 16.3 Å². The Morgan fingerprint density at radius 2 is 2.10 bits per heavy atom. The molecule has 0 N–H and O–H groups in total. The number of ether oxygens (including phenoxy) is 1. The summed E-state index contributed by atoms with van der Waals surface area (Å²) in [6.45, 7) is 3.78. The maximum atomic E-state index is 12.4. The van der Waals surface area contributed by atoms with Gasteiger partial charge >= 0.3 is 11.5 Å². The number of allylic oxidation sites excluding steroid dienone is 1. The minimum Gasteiger partial charge on any atom is -0.421 e. The summed E-state index contributed by atoms with van der Waals surface area (Å²) in [6.07, 6.45) is 0.552. The van der Waals surface area contributed by atoms with Crippen LogP contribution in [0.2, 0.25) is 5.02 Å². The first-order valence-electron chi connectivity index (χ1n) is 6.67. The number of benzene rings is 1. The van der Waals surface area contributed by atoms with Gasteiger partial charge in [0, 0.05) is 15.5 Å². The highest BCUT2D eigenvalue weighted by atomic mass is 35.5. The molecule has 6 heteroatoms. The quantitative estimate of drug-likeness (QED) is 0.262. The molecule has 0 aromatic heterocycles. The van der Waals surface area contributed by atoms with Crippen LogP contribution in [0.4, 0.5) is 0 Å². The predicted molar refractivity (Wildman–Crippen MR) is 77.2 cm³/mol. The second-order valence-electron chi connectivity index (χ2n) is 5.75. The van der Waals surface area contributed by atoms with Crippen molar-refractivity contribution in [1.29, 1.82) is 0 Å². The first-order valence-corrected chi connectivity index (χ1v) is 7.05. The normalized spacial score (nSPS) is 27.8. The minimum atomic E-state index is -1.73. The van der Waals surface area contributed by atoms with E-state index in [9.17, 15) is 14.9 Å². The first kappa shape index (κ1) is 14.1. The van der Waals surface area contributed by atoms with Gasteiger partial charge in [0.1, 0.15) is 5.75 Å². The number of nitrogens with zero attached hydrogens (tertiary/aromatic N) is 1. The van der Waals surface area contributed by atoms with Crippen LogP contribution >= 0.6 is 11.6 Å². The summed E-state index contributed by atoms with van der Waals surface area (Å²) in [7, 11) is 0. The van der Waals surface area contributed by atoms with Gasteiger partial charge in [-0.2, -0.15) is 0 Å². The van der Waals surface area contributed by atoms with Crippen molar-refractivity contribution in [2.45, 2.75) is 38.1 Å². The molecule has 2 atom stereocenters. The summed E-state index contributed by atoms with van der Waals surface area (Å²) in [5.41, 5.74) is 0.871. The molecule has 3 rings (SSSR count). The van der Waals surface area contributed by atoms with Crippen molar-refractivity contribution in [3.63, 3.8) is 0 Å². The van der Waals surface area contributed by atoms with Gasteiger partial charge in [0.15, 0.2) is 0 Å². The Hall–Kier alpha value is -1.88. The van der Waals surface area contributed by atoms with Crippen molar-refractivity contribution in [1.82, 2.24) is 0 Å². The molecule has 1 aromatic rings. The summed E-state index contributed by atoms with van der Waals surface area (Å²) >= 11 is 6.01. The van der Waals surface area contributed by atoms with Crippen LogP contribution in [0, 0.1) is 10.1 Å². The van der Waals surface area contributed by atoms with E-state index in [1.54, 1.807) is 18.2 Å². The average Bonchev–Trinajstić information content (AvgIpc) is 2.42. The molecule has 0 fully saturated rings. The molecule has 0 amide bonds. The fourth-order valence-electron chi connectivity index (χ4n) is 3.25. The summed E-state index contributed by atoms with van der Waals surface area (Å²) in [5, 5.41) is 12.2. The predicted octanol–water partition coefficient (Wildman–Crippen LogP) is 3.49. The van der Waals surface area contributed by atoms with Crippen molar-refractivity contribution in [2.24, 2.45) is 0 Å². The largest absolute Gasteiger partial charge is 0.421 e.